The highest BCUT2D eigenvalue weighted by Crippen LogP contribution is 2.16. The quantitative estimate of drug-likeness (QED) is 0.763. The van der Waals surface area contributed by atoms with Gasteiger partial charge in [-0.15, -0.1) is 5.10 Å². The fourth-order valence-electron chi connectivity index (χ4n) is 1.68. The normalized spacial score (nSPS) is 13.1. The Labute approximate surface area is 90.1 Å². The molecule has 15 heavy (non-hydrogen) atoms. The Morgan fingerprint density at radius 3 is 2.67 bits per heavy atom. The van der Waals surface area contributed by atoms with Crippen LogP contribution in [0.25, 0.3) is 0 Å². The van der Waals surface area contributed by atoms with E-state index in [2.05, 4.69) is 17.2 Å². The highest BCUT2D eigenvalue weighted by atomic mass is 16.5. The molecule has 1 unspecified atom stereocenters. The maximum absolute atomic E-state index is 9.10. The number of aliphatic hydroxyl groups excluding tert-OH is 1. The van der Waals surface area contributed by atoms with E-state index in [0.717, 1.165) is 18.5 Å². The monoisotopic (exact) mass is 213 g/mol. The van der Waals surface area contributed by atoms with E-state index < -0.39 is 0 Å². The summed E-state index contributed by atoms with van der Waals surface area (Å²) in [6.07, 6.45) is 1.76. The van der Waals surface area contributed by atoms with Crippen molar-refractivity contribution in [2.45, 2.75) is 39.3 Å². The van der Waals surface area contributed by atoms with Gasteiger partial charge in [-0.2, -0.15) is 0 Å². The lowest BCUT2D eigenvalue weighted by Gasteiger charge is -2.16. The molecule has 0 aliphatic heterocycles. The molecule has 0 saturated heterocycles. The third-order valence-electron chi connectivity index (χ3n) is 2.53. The van der Waals surface area contributed by atoms with Crippen LogP contribution in [0.4, 0.5) is 0 Å². The van der Waals surface area contributed by atoms with Gasteiger partial charge in [0.2, 0.25) is 0 Å². The zero-order valence-corrected chi connectivity index (χ0v) is 9.60. The number of aromatic nitrogens is 3. The Hall–Kier alpha value is -0.940. The second-order valence-corrected chi connectivity index (χ2v) is 3.46. The largest absolute Gasteiger partial charge is 0.390 e. The molecule has 0 aliphatic carbocycles. The third kappa shape index (κ3) is 2.54. The van der Waals surface area contributed by atoms with Gasteiger partial charge in [0, 0.05) is 7.11 Å². The third-order valence-corrected chi connectivity index (χ3v) is 2.53. The van der Waals surface area contributed by atoms with Gasteiger partial charge in [0.05, 0.1) is 24.9 Å². The van der Waals surface area contributed by atoms with Gasteiger partial charge in [-0.1, -0.05) is 19.1 Å². The summed E-state index contributed by atoms with van der Waals surface area (Å²) in [7, 11) is 1.68. The number of rotatable bonds is 6. The molecule has 0 fully saturated rings. The Kier molecular flexibility index (Phi) is 4.71. The molecule has 1 aromatic heterocycles. The summed E-state index contributed by atoms with van der Waals surface area (Å²) in [5.41, 5.74) is 1.67. The minimum absolute atomic E-state index is 0.0490. The van der Waals surface area contributed by atoms with E-state index >= 15 is 0 Å². The van der Waals surface area contributed by atoms with Crippen molar-refractivity contribution >= 4 is 0 Å². The van der Waals surface area contributed by atoms with Crippen molar-refractivity contribution in [3.8, 4) is 0 Å². The molecule has 0 amide bonds. The zero-order chi connectivity index (χ0) is 11.3. The van der Waals surface area contributed by atoms with E-state index in [1.54, 1.807) is 7.11 Å². The lowest BCUT2D eigenvalue weighted by atomic mass is 10.2. The number of ether oxygens (including phenoxy) is 1. The van der Waals surface area contributed by atoms with Crippen molar-refractivity contribution in [3.05, 3.63) is 11.4 Å². The van der Waals surface area contributed by atoms with Crippen molar-refractivity contribution in [3.63, 3.8) is 0 Å². The molecule has 1 aromatic rings. The number of aliphatic hydroxyl groups is 1. The van der Waals surface area contributed by atoms with Crippen LogP contribution in [0.5, 0.6) is 0 Å². The molecule has 0 spiro atoms. The summed E-state index contributed by atoms with van der Waals surface area (Å²) in [6.45, 7) is 4.70. The van der Waals surface area contributed by atoms with Gasteiger partial charge in [-0.3, -0.25) is 0 Å². The summed E-state index contributed by atoms with van der Waals surface area (Å²) in [6, 6.07) is 0.206. The Morgan fingerprint density at radius 1 is 1.47 bits per heavy atom. The lowest BCUT2D eigenvalue weighted by molar-refractivity contribution is 0.145. The standard InChI is InChI=1S/C10H19N3O2/c1-4-8(7-15-3)13-10(5-2)9(6-14)11-12-13/h8,14H,4-7H2,1-3H3. The average molecular weight is 213 g/mol. The van der Waals surface area contributed by atoms with Crippen molar-refractivity contribution in [2.24, 2.45) is 0 Å². The second kappa shape index (κ2) is 5.82. The van der Waals surface area contributed by atoms with Crippen LogP contribution in [0.1, 0.15) is 37.7 Å². The van der Waals surface area contributed by atoms with Gasteiger partial charge < -0.3 is 9.84 Å². The molecular formula is C10H19N3O2. The maximum Gasteiger partial charge on any atom is 0.111 e. The highest BCUT2D eigenvalue weighted by Gasteiger charge is 2.16. The van der Waals surface area contributed by atoms with E-state index in [1.807, 2.05) is 11.6 Å². The topological polar surface area (TPSA) is 60.2 Å². The molecule has 1 atom stereocenters. The van der Waals surface area contributed by atoms with Gasteiger partial charge in [0.1, 0.15) is 5.69 Å². The highest BCUT2D eigenvalue weighted by molar-refractivity contribution is 5.09. The minimum atomic E-state index is -0.0490. The van der Waals surface area contributed by atoms with Gasteiger partial charge in [-0.25, -0.2) is 4.68 Å². The van der Waals surface area contributed by atoms with E-state index in [9.17, 15) is 0 Å². The molecule has 0 saturated carbocycles. The van der Waals surface area contributed by atoms with Crippen LogP contribution in [0.2, 0.25) is 0 Å². The van der Waals surface area contributed by atoms with E-state index in [4.69, 9.17) is 9.84 Å². The molecule has 5 heteroatoms. The van der Waals surface area contributed by atoms with Gasteiger partial charge in [0.15, 0.2) is 0 Å². The molecule has 0 aliphatic rings. The van der Waals surface area contributed by atoms with Crippen LogP contribution < -0.4 is 0 Å². The van der Waals surface area contributed by atoms with Crippen LogP contribution in [0.15, 0.2) is 0 Å². The predicted octanol–water partition coefficient (Wildman–Crippen LogP) is 0.930. The summed E-state index contributed by atoms with van der Waals surface area (Å²) in [4.78, 5) is 0. The molecule has 5 nitrogen and oxygen atoms in total. The van der Waals surface area contributed by atoms with Gasteiger partial charge in [-0.05, 0) is 12.8 Å². The van der Waals surface area contributed by atoms with Crippen molar-refractivity contribution in [2.75, 3.05) is 13.7 Å². The fourth-order valence-corrected chi connectivity index (χ4v) is 1.68. The lowest BCUT2D eigenvalue weighted by Crippen LogP contribution is -2.18. The van der Waals surface area contributed by atoms with Gasteiger partial charge >= 0.3 is 0 Å². The van der Waals surface area contributed by atoms with Crippen LogP contribution in [-0.2, 0) is 17.8 Å². The number of hydrogen-bond acceptors (Lipinski definition) is 4. The zero-order valence-electron chi connectivity index (χ0n) is 9.60. The Balaban J connectivity index is 2.95. The number of hydrogen-bond donors (Lipinski definition) is 1. The molecule has 86 valence electrons. The summed E-state index contributed by atoms with van der Waals surface area (Å²) in [5, 5.41) is 17.1. The first-order valence-corrected chi connectivity index (χ1v) is 5.31. The molecule has 1 heterocycles. The first-order chi connectivity index (χ1) is 7.28. The second-order valence-electron chi connectivity index (χ2n) is 3.46. The average Bonchev–Trinajstić information content (AvgIpc) is 2.68. The molecular weight excluding hydrogens is 194 g/mol. The number of nitrogens with zero attached hydrogens (tertiary/aromatic N) is 3. The molecule has 1 rings (SSSR count). The Bertz CT molecular complexity index is 299. The molecule has 0 radical (unpaired) electrons. The van der Waals surface area contributed by atoms with E-state index in [0.29, 0.717) is 12.3 Å². The minimum Gasteiger partial charge on any atom is -0.390 e. The van der Waals surface area contributed by atoms with Crippen LogP contribution in [0.3, 0.4) is 0 Å². The van der Waals surface area contributed by atoms with Crippen LogP contribution in [0, 0.1) is 0 Å². The first-order valence-electron chi connectivity index (χ1n) is 5.31. The molecule has 1 N–H and O–H groups in total. The van der Waals surface area contributed by atoms with Crippen LogP contribution >= 0.6 is 0 Å². The number of methoxy groups -OCH3 is 1. The maximum atomic E-state index is 9.10. The molecule has 0 bridgehead atoms. The smallest absolute Gasteiger partial charge is 0.111 e. The van der Waals surface area contributed by atoms with Gasteiger partial charge in [0.25, 0.3) is 0 Å². The Morgan fingerprint density at radius 2 is 2.20 bits per heavy atom. The fraction of sp³-hybridized carbons (Fsp3) is 0.800. The SMILES string of the molecule is CCc1c(CO)nnn1C(CC)COC. The van der Waals surface area contributed by atoms with Crippen molar-refractivity contribution in [1.29, 1.82) is 0 Å². The van der Waals surface area contributed by atoms with E-state index in [-0.39, 0.29) is 12.6 Å². The predicted molar refractivity (Wildman–Crippen MR) is 56.5 cm³/mol. The summed E-state index contributed by atoms with van der Waals surface area (Å²) >= 11 is 0. The van der Waals surface area contributed by atoms with Crippen LogP contribution in [-0.4, -0.2) is 33.8 Å². The van der Waals surface area contributed by atoms with Crippen molar-refractivity contribution < 1.29 is 9.84 Å². The van der Waals surface area contributed by atoms with Crippen molar-refractivity contribution in [1.82, 2.24) is 15.0 Å². The molecule has 0 aromatic carbocycles. The van der Waals surface area contributed by atoms with E-state index in [1.165, 1.54) is 0 Å². The summed E-state index contributed by atoms with van der Waals surface area (Å²) in [5.74, 6) is 0. The summed E-state index contributed by atoms with van der Waals surface area (Å²) < 4.78 is 7.01. The first kappa shape index (κ1) is 12.1.